The highest BCUT2D eigenvalue weighted by Gasteiger charge is 2.09. The molecule has 6 heteroatoms. The molecule has 1 amide bonds. The number of halogens is 1. The Kier molecular flexibility index (Phi) is 5.39. The van der Waals surface area contributed by atoms with Crippen LogP contribution < -0.4 is 15.5 Å². The SMILES string of the molecule is CN(C)c1ccc(NC(=O)c2cc(Nc3ccc(Cl)cc3)ccn2)cc1. The Hall–Kier alpha value is -3.05. The van der Waals surface area contributed by atoms with Crippen molar-refractivity contribution in [1.29, 1.82) is 0 Å². The maximum absolute atomic E-state index is 12.5. The van der Waals surface area contributed by atoms with Gasteiger partial charge in [0.25, 0.3) is 5.91 Å². The Morgan fingerprint density at radius 2 is 1.58 bits per heavy atom. The van der Waals surface area contributed by atoms with E-state index in [0.717, 1.165) is 22.7 Å². The van der Waals surface area contributed by atoms with Crippen LogP contribution in [0, 0.1) is 0 Å². The lowest BCUT2D eigenvalue weighted by Crippen LogP contribution is -2.14. The fraction of sp³-hybridized carbons (Fsp3) is 0.100. The van der Waals surface area contributed by atoms with E-state index < -0.39 is 0 Å². The highest BCUT2D eigenvalue weighted by molar-refractivity contribution is 6.30. The van der Waals surface area contributed by atoms with Crippen molar-refractivity contribution in [2.45, 2.75) is 0 Å². The van der Waals surface area contributed by atoms with Gasteiger partial charge in [0, 0.05) is 48.1 Å². The second kappa shape index (κ2) is 7.89. The molecule has 2 N–H and O–H groups in total. The first-order valence-electron chi connectivity index (χ1n) is 8.09. The van der Waals surface area contributed by atoms with Crippen molar-refractivity contribution < 1.29 is 4.79 Å². The van der Waals surface area contributed by atoms with Crippen LogP contribution in [-0.2, 0) is 0 Å². The number of carbonyl (C=O) groups excluding carboxylic acids is 1. The summed E-state index contributed by atoms with van der Waals surface area (Å²) in [6.07, 6.45) is 1.60. The molecule has 5 nitrogen and oxygen atoms in total. The molecule has 0 unspecified atom stereocenters. The van der Waals surface area contributed by atoms with Crippen molar-refractivity contribution in [3.8, 4) is 0 Å². The van der Waals surface area contributed by atoms with Gasteiger partial charge < -0.3 is 15.5 Å². The Balaban J connectivity index is 1.70. The van der Waals surface area contributed by atoms with Crippen LogP contribution in [0.15, 0.2) is 66.9 Å². The summed E-state index contributed by atoms with van der Waals surface area (Å²) in [5.41, 5.74) is 3.77. The number of anilines is 4. The molecule has 0 aliphatic rings. The number of nitrogens with one attached hydrogen (secondary N) is 2. The minimum Gasteiger partial charge on any atom is -0.378 e. The smallest absolute Gasteiger partial charge is 0.274 e. The molecule has 0 atom stereocenters. The van der Waals surface area contributed by atoms with Crippen molar-refractivity contribution in [2.24, 2.45) is 0 Å². The number of benzene rings is 2. The second-order valence-corrected chi connectivity index (χ2v) is 6.39. The fourth-order valence-electron chi connectivity index (χ4n) is 2.37. The van der Waals surface area contributed by atoms with Gasteiger partial charge in [-0.25, -0.2) is 0 Å². The molecule has 1 aromatic heterocycles. The maximum atomic E-state index is 12.5. The molecule has 26 heavy (non-hydrogen) atoms. The summed E-state index contributed by atoms with van der Waals surface area (Å²) >= 11 is 5.89. The summed E-state index contributed by atoms with van der Waals surface area (Å²) in [5, 5.41) is 6.76. The van der Waals surface area contributed by atoms with Crippen LogP contribution in [0.2, 0.25) is 5.02 Å². The van der Waals surface area contributed by atoms with Gasteiger partial charge in [0.15, 0.2) is 0 Å². The molecule has 132 valence electrons. The van der Waals surface area contributed by atoms with Crippen molar-refractivity contribution in [1.82, 2.24) is 4.98 Å². The maximum Gasteiger partial charge on any atom is 0.274 e. The topological polar surface area (TPSA) is 57.3 Å². The van der Waals surface area contributed by atoms with Gasteiger partial charge in [-0.15, -0.1) is 0 Å². The monoisotopic (exact) mass is 366 g/mol. The predicted molar refractivity (Wildman–Crippen MR) is 108 cm³/mol. The molecule has 0 spiro atoms. The summed E-state index contributed by atoms with van der Waals surface area (Å²) in [7, 11) is 3.94. The van der Waals surface area contributed by atoms with Crippen LogP contribution in [0.5, 0.6) is 0 Å². The van der Waals surface area contributed by atoms with Gasteiger partial charge in [0.05, 0.1) is 0 Å². The minimum atomic E-state index is -0.262. The summed E-state index contributed by atoms with van der Waals surface area (Å²) in [5.74, 6) is -0.262. The molecule has 2 aromatic carbocycles. The van der Waals surface area contributed by atoms with E-state index in [4.69, 9.17) is 11.6 Å². The first-order chi connectivity index (χ1) is 12.5. The fourth-order valence-corrected chi connectivity index (χ4v) is 2.50. The molecular weight excluding hydrogens is 348 g/mol. The van der Waals surface area contributed by atoms with Gasteiger partial charge in [-0.1, -0.05) is 11.6 Å². The normalized spacial score (nSPS) is 10.3. The Morgan fingerprint density at radius 1 is 0.923 bits per heavy atom. The average Bonchev–Trinajstić information content (AvgIpc) is 2.64. The lowest BCUT2D eigenvalue weighted by atomic mass is 10.2. The molecule has 0 aliphatic heterocycles. The third-order valence-corrected chi connectivity index (χ3v) is 4.02. The van der Waals surface area contributed by atoms with Crippen LogP contribution in [0.1, 0.15) is 10.5 Å². The summed E-state index contributed by atoms with van der Waals surface area (Å²) in [4.78, 5) is 18.6. The zero-order valence-electron chi connectivity index (χ0n) is 14.5. The Bertz CT molecular complexity index is 892. The molecule has 0 aliphatic carbocycles. The molecule has 0 bridgehead atoms. The van der Waals surface area contributed by atoms with Crippen LogP contribution in [0.25, 0.3) is 0 Å². The number of amides is 1. The molecule has 0 fully saturated rings. The predicted octanol–water partition coefficient (Wildman–Crippen LogP) is 4.80. The van der Waals surface area contributed by atoms with E-state index >= 15 is 0 Å². The largest absolute Gasteiger partial charge is 0.378 e. The average molecular weight is 367 g/mol. The molecule has 1 heterocycles. The molecular formula is C20H19ClN4O. The quantitative estimate of drug-likeness (QED) is 0.681. The lowest BCUT2D eigenvalue weighted by molar-refractivity contribution is 0.102. The molecule has 3 rings (SSSR count). The lowest BCUT2D eigenvalue weighted by Gasteiger charge is -2.13. The Morgan fingerprint density at radius 3 is 2.23 bits per heavy atom. The standard InChI is InChI=1S/C20H19ClN4O/c1-25(2)18-9-7-16(8-10-18)24-20(26)19-13-17(11-12-22-19)23-15-5-3-14(21)4-6-15/h3-13H,1-2H3,(H,22,23)(H,24,26). The molecule has 3 aromatic rings. The number of pyridine rings is 1. The zero-order chi connectivity index (χ0) is 18.5. The van der Waals surface area contributed by atoms with Gasteiger partial charge in [-0.05, 0) is 60.7 Å². The van der Waals surface area contributed by atoms with Gasteiger partial charge in [0.2, 0.25) is 0 Å². The van der Waals surface area contributed by atoms with Crippen LogP contribution in [0.3, 0.4) is 0 Å². The highest BCUT2D eigenvalue weighted by Crippen LogP contribution is 2.20. The number of hydrogen-bond donors (Lipinski definition) is 2. The van der Waals surface area contributed by atoms with Crippen LogP contribution in [-0.4, -0.2) is 25.0 Å². The van der Waals surface area contributed by atoms with Crippen LogP contribution >= 0.6 is 11.6 Å². The summed E-state index contributed by atoms with van der Waals surface area (Å²) < 4.78 is 0. The summed E-state index contributed by atoms with van der Waals surface area (Å²) in [6, 6.07) is 18.5. The summed E-state index contributed by atoms with van der Waals surface area (Å²) in [6.45, 7) is 0. The van der Waals surface area contributed by atoms with E-state index in [1.165, 1.54) is 0 Å². The Labute approximate surface area is 157 Å². The van der Waals surface area contributed by atoms with E-state index in [1.54, 1.807) is 30.5 Å². The van der Waals surface area contributed by atoms with Crippen molar-refractivity contribution in [2.75, 3.05) is 29.6 Å². The van der Waals surface area contributed by atoms with E-state index in [1.807, 2.05) is 55.4 Å². The van der Waals surface area contributed by atoms with Gasteiger partial charge in [-0.2, -0.15) is 0 Å². The third-order valence-electron chi connectivity index (χ3n) is 3.77. The number of aromatic nitrogens is 1. The molecule has 0 radical (unpaired) electrons. The highest BCUT2D eigenvalue weighted by atomic mass is 35.5. The van der Waals surface area contributed by atoms with Gasteiger partial charge in [-0.3, -0.25) is 9.78 Å². The number of hydrogen-bond acceptors (Lipinski definition) is 4. The first-order valence-corrected chi connectivity index (χ1v) is 8.46. The van der Waals surface area contributed by atoms with Crippen molar-refractivity contribution in [3.05, 3.63) is 77.6 Å². The van der Waals surface area contributed by atoms with E-state index in [2.05, 4.69) is 15.6 Å². The number of carbonyl (C=O) groups is 1. The second-order valence-electron chi connectivity index (χ2n) is 5.96. The minimum absolute atomic E-state index is 0.262. The van der Waals surface area contributed by atoms with Crippen molar-refractivity contribution >= 4 is 40.3 Å². The molecule has 0 saturated heterocycles. The van der Waals surface area contributed by atoms with Crippen molar-refractivity contribution in [3.63, 3.8) is 0 Å². The van der Waals surface area contributed by atoms with Gasteiger partial charge in [0.1, 0.15) is 5.69 Å². The van der Waals surface area contributed by atoms with E-state index in [-0.39, 0.29) is 5.91 Å². The third kappa shape index (κ3) is 4.52. The number of rotatable bonds is 5. The first kappa shape index (κ1) is 17.8. The zero-order valence-corrected chi connectivity index (χ0v) is 15.3. The van der Waals surface area contributed by atoms with E-state index in [9.17, 15) is 4.79 Å². The van der Waals surface area contributed by atoms with E-state index in [0.29, 0.717) is 10.7 Å². The van der Waals surface area contributed by atoms with Crippen LogP contribution in [0.4, 0.5) is 22.7 Å². The number of nitrogens with zero attached hydrogens (tertiary/aromatic N) is 2. The molecule has 0 saturated carbocycles. The van der Waals surface area contributed by atoms with Gasteiger partial charge >= 0.3 is 0 Å².